The lowest BCUT2D eigenvalue weighted by Gasteiger charge is -2.57. The standard InChI is InChI=1S/C14H28N2O3/c1-5-10(7-8-17)16-12(18)14(15)9-11(19-6-2)13(14,3)4/h10-11,17H,5-9,15H2,1-4H3,(H,16,18). The van der Waals surface area contributed by atoms with E-state index in [9.17, 15) is 4.79 Å². The van der Waals surface area contributed by atoms with Crippen LogP contribution in [0, 0.1) is 5.41 Å². The Morgan fingerprint density at radius 1 is 1.53 bits per heavy atom. The first-order valence-electron chi connectivity index (χ1n) is 7.15. The zero-order chi connectivity index (χ0) is 14.7. The lowest BCUT2D eigenvalue weighted by Crippen LogP contribution is -2.76. The second-order valence-corrected chi connectivity index (χ2v) is 5.93. The van der Waals surface area contributed by atoms with E-state index in [2.05, 4.69) is 5.32 Å². The Morgan fingerprint density at radius 2 is 2.16 bits per heavy atom. The van der Waals surface area contributed by atoms with Crippen LogP contribution in [-0.4, -0.2) is 41.9 Å². The number of hydrogen-bond donors (Lipinski definition) is 3. The van der Waals surface area contributed by atoms with Crippen LogP contribution < -0.4 is 11.1 Å². The normalized spacial score (nSPS) is 30.5. The number of nitrogens with one attached hydrogen (secondary N) is 1. The summed E-state index contributed by atoms with van der Waals surface area (Å²) in [6.07, 6.45) is 1.94. The Morgan fingerprint density at radius 3 is 2.58 bits per heavy atom. The zero-order valence-corrected chi connectivity index (χ0v) is 12.5. The number of nitrogens with two attached hydrogens (primary N) is 1. The fourth-order valence-electron chi connectivity index (χ4n) is 2.67. The predicted molar refractivity (Wildman–Crippen MR) is 74.7 cm³/mol. The first-order valence-corrected chi connectivity index (χ1v) is 7.15. The van der Waals surface area contributed by atoms with Crippen molar-refractivity contribution in [2.45, 2.75) is 64.6 Å². The van der Waals surface area contributed by atoms with Crippen LogP contribution in [0.3, 0.4) is 0 Å². The van der Waals surface area contributed by atoms with E-state index >= 15 is 0 Å². The summed E-state index contributed by atoms with van der Waals surface area (Å²) in [5.41, 5.74) is 5.04. The monoisotopic (exact) mass is 272 g/mol. The summed E-state index contributed by atoms with van der Waals surface area (Å²) in [4.78, 5) is 12.4. The van der Waals surface area contributed by atoms with E-state index in [0.717, 1.165) is 6.42 Å². The summed E-state index contributed by atoms with van der Waals surface area (Å²) in [6, 6.07) is -0.0140. The average Bonchev–Trinajstić information content (AvgIpc) is 2.37. The van der Waals surface area contributed by atoms with Gasteiger partial charge in [-0.3, -0.25) is 4.79 Å². The second-order valence-electron chi connectivity index (χ2n) is 5.93. The van der Waals surface area contributed by atoms with E-state index in [4.69, 9.17) is 15.6 Å². The van der Waals surface area contributed by atoms with Crippen LogP contribution in [0.2, 0.25) is 0 Å². The summed E-state index contributed by atoms with van der Waals surface area (Å²) in [5.74, 6) is -0.131. The van der Waals surface area contributed by atoms with E-state index in [1.165, 1.54) is 0 Å². The van der Waals surface area contributed by atoms with Gasteiger partial charge in [0.1, 0.15) is 5.54 Å². The average molecular weight is 272 g/mol. The van der Waals surface area contributed by atoms with Crippen LogP contribution in [0.5, 0.6) is 0 Å². The molecule has 3 unspecified atom stereocenters. The SMILES string of the molecule is CCOC1CC(N)(C(=O)NC(CC)CCO)C1(C)C. The number of amides is 1. The lowest BCUT2D eigenvalue weighted by molar-refractivity contribution is -0.171. The van der Waals surface area contributed by atoms with E-state index in [1.807, 2.05) is 27.7 Å². The summed E-state index contributed by atoms with van der Waals surface area (Å²) < 4.78 is 5.62. The summed E-state index contributed by atoms with van der Waals surface area (Å²) >= 11 is 0. The van der Waals surface area contributed by atoms with Crippen molar-refractivity contribution in [2.75, 3.05) is 13.2 Å². The molecule has 1 aliphatic rings. The van der Waals surface area contributed by atoms with Crippen molar-refractivity contribution < 1.29 is 14.6 Å². The fourth-order valence-corrected chi connectivity index (χ4v) is 2.67. The highest BCUT2D eigenvalue weighted by atomic mass is 16.5. The molecule has 1 saturated carbocycles. The van der Waals surface area contributed by atoms with Crippen LogP contribution in [0.25, 0.3) is 0 Å². The molecule has 0 aromatic heterocycles. The molecule has 1 aliphatic carbocycles. The second kappa shape index (κ2) is 6.20. The third-order valence-electron chi connectivity index (χ3n) is 4.54. The molecule has 4 N–H and O–H groups in total. The largest absolute Gasteiger partial charge is 0.396 e. The molecule has 0 aromatic carbocycles. The molecule has 0 aromatic rings. The van der Waals surface area contributed by atoms with Crippen molar-refractivity contribution in [1.82, 2.24) is 5.32 Å². The van der Waals surface area contributed by atoms with Gasteiger partial charge in [-0.05, 0) is 19.8 Å². The van der Waals surface area contributed by atoms with Crippen molar-refractivity contribution in [3.8, 4) is 0 Å². The molecule has 3 atom stereocenters. The van der Waals surface area contributed by atoms with Crippen LogP contribution in [0.4, 0.5) is 0 Å². The highest BCUT2D eigenvalue weighted by Gasteiger charge is 2.62. The molecule has 0 saturated heterocycles. The summed E-state index contributed by atoms with van der Waals surface area (Å²) in [6.45, 7) is 8.59. The van der Waals surface area contributed by atoms with E-state index in [-0.39, 0.29) is 30.1 Å². The minimum atomic E-state index is -0.879. The molecule has 1 fully saturated rings. The summed E-state index contributed by atoms with van der Waals surface area (Å²) in [5, 5.41) is 11.9. The van der Waals surface area contributed by atoms with E-state index in [1.54, 1.807) is 0 Å². The Hall–Kier alpha value is -0.650. The zero-order valence-electron chi connectivity index (χ0n) is 12.5. The molecule has 0 heterocycles. The van der Waals surface area contributed by atoms with Gasteiger partial charge in [0.25, 0.3) is 0 Å². The molecule has 0 spiro atoms. The Bertz CT molecular complexity index is 320. The number of ether oxygens (including phenoxy) is 1. The van der Waals surface area contributed by atoms with Gasteiger partial charge in [0.15, 0.2) is 0 Å². The number of carbonyl (C=O) groups is 1. The maximum atomic E-state index is 12.4. The van der Waals surface area contributed by atoms with E-state index in [0.29, 0.717) is 19.4 Å². The topological polar surface area (TPSA) is 84.6 Å². The molecule has 19 heavy (non-hydrogen) atoms. The smallest absolute Gasteiger partial charge is 0.241 e. The van der Waals surface area contributed by atoms with Crippen LogP contribution in [0.15, 0.2) is 0 Å². The molecule has 1 rings (SSSR count). The minimum Gasteiger partial charge on any atom is -0.396 e. The number of aliphatic hydroxyl groups excluding tert-OH is 1. The maximum absolute atomic E-state index is 12.4. The van der Waals surface area contributed by atoms with Crippen molar-refractivity contribution >= 4 is 5.91 Å². The molecular formula is C14H28N2O3. The van der Waals surface area contributed by atoms with Gasteiger partial charge in [-0.15, -0.1) is 0 Å². The molecule has 0 aliphatic heterocycles. The highest BCUT2D eigenvalue weighted by Crippen LogP contribution is 2.49. The molecule has 0 bridgehead atoms. The van der Waals surface area contributed by atoms with Crippen LogP contribution in [-0.2, 0) is 9.53 Å². The van der Waals surface area contributed by atoms with Gasteiger partial charge in [0, 0.05) is 31.1 Å². The number of aliphatic hydroxyl groups is 1. The van der Waals surface area contributed by atoms with Gasteiger partial charge >= 0.3 is 0 Å². The third kappa shape index (κ3) is 2.93. The Balaban J connectivity index is 2.67. The van der Waals surface area contributed by atoms with Gasteiger partial charge < -0.3 is 20.9 Å². The highest BCUT2D eigenvalue weighted by molar-refractivity contribution is 5.89. The molecule has 5 heteroatoms. The van der Waals surface area contributed by atoms with Gasteiger partial charge in [0.05, 0.1) is 6.10 Å². The molecule has 1 amide bonds. The number of rotatable bonds is 7. The lowest BCUT2D eigenvalue weighted by atomic mass is 9.54. The van der Waals surface area contributed by atoms with E-state index < -0.39 is 5.54 Å². The number of hydrogen-bond acceptors (Lipinski definition) is 4. The van der Waals surface area contributed by atoms with Crippen molar-refractivity contribution in [3.05, 3.63) is 0 Å². The fraction of sp³-hybridized carbons (Fsp3) is 0.929. The maximum Gasteiger partial charge on any atom is 0.241 e. The molecule has 0 radical (unpaired) electrons. The van der Waals surface area contributed by atoms with Crippen LogP contribution >= 0.6 is 0 Å². The molecule has 112 valence electrons. The quantitative estimate of drug-likeness (QED) is 0.640. The van der Waals surface area contributed by atoms with Gasteiger partial charge in [-0.25, -0.2) is 0 Å². The Labute approximate surface area is 115 Å². The van der Waals surface area contributed by atoms with Crippen molar-refractivity contribution in [1.29, 1.82) is 0 Å². The van der Waals surface area contributed by atoms with Crippen molar-refractivity contribution in [3.63, 3.8) is 0 Å². The van der Waals surface area contributed by atoms with Crippen molar-refractivity contribution in [2.24, 2.45) is 11.1 Å². The number of carbonyl (C=O) groups excluding carboxylic acids is 1. The first kappa shape index (κ1) is 16.4. The minimum absolute atomic E-state index is 0.0140. The van der Waals surface area contributed by atoms with Gasteiger partial charge in [-0.2, -0.15) is 0 Å². The van der Waals surface area contributed by atoms with Gasteiger partial charge in [-0.1, -0.05) is 20.8 Å². The third-order valence-corrected chi connectivity index (χ3v) is 4.54. The molecular weight excluding hydrogens is 244 g/mol. The first-order chi connectivity index (χ1) is 8.83. The molecule has 5 nitrogen and oxygen atoms in total. The Kier molecular flexibility index (Phi) is 5.35. The van der Waals surface area contributed by atoms with Gasteiger partial charge in [0.2, 0.25) is 5.91 Å². The summed E-state index contributed by atoms with van der Waals surface area (Å²) in [7, 11) is 0. The van der Waals surface area contributed by atoms with Crippen LogP contribution in [0.1, 0.15) is 47.0 Å². The predicted octanol–water partition coefficient (Wildman–Crippen LogP) is 0.796.